The van der Waals surface area contributed by atoms with Crippen LogP contribution in [0.25, 0.3) is 0 Å². The molecule has 82 valence electrons. The fourth-order valence-electron chi connectivity index (χ4n) is 1.51. The molecule has 0 fully saturated rings. The molecule has 0 aliphatic rings. The van der Waals surface area contributed by atoms with E-state index in [0.717, 1.165) is 9.13 Å². The summed E-state index contributed by atoms with van der Waals surface area (Å²) in [7, 11) is 0. The summed E-state index contributed by atoms with van der Waals surface area (Å²) in [6.45, 7) is 0. The van der Waals surface area contributed by atoms with Crippen LogP contribution < -0.4 is 0 Å². The monoisotopic (exact) mass is 328 g/mol. The van der Waals surface area contributed by atoms with Crippen molar-refractivity contribution in [3.8, 4) is 0 Å². The van der Waals surface area contributed by atoms with E-state index in [4.69, 9.17) is 0 Å². The van der Waals surface area contributed by atoms with Crippen molar-refractivity contribution in [2.45, 2.75) is 6.10 Å². The molecule has 0 aliphatic heterocycles. The summed E-state index contributed by atoms with van der Waals surface area (Å²) < 4.78 is 13.8. The highest BCUT2D eigenvalue weighted by Crippen LogP contribution is 2.23. The van der Waals surface area contributed by atoms with E-state index < -0.39 is 6.10 Å². The maximum Gasteiger partial charge on any atom is 0.123 e. The SMILES string of the molecule is OC(c1ccc(F)cc1)c1cccc(I)c1. The van der Waals surface area contributed by atoms with Crippen molar-refractivity contribution in [3.05, 3.63) is 69.0 Å². The minimum atomic E-state index is -0.699. The van der Waals surface area contributed by atoms with Crippen molar-refractivity contribution in [2.24, 2.45) is 0 Å². The van der Waals surface area contributed by atoms with E-state index in [0.29, 0.717) is 5.56 Å². The van der Waals surface area contributed by atoms with Crippen molar-refractivity contribution in [1.82, 2.24) is 0 Å². The molecular formula is C13H10FIO. The number of hydrogen-bond donors (Lipinski definition) is 1. The summed E-state index contributed by atoms with van der Waals surface area (Å²) in [5.41, 5.74) is 1.52. The Kier molecular flexibility index (Phi) is 3.56. The van der Waals surface area contributed by atoms with Gasteiger partial charge in [0.1, 0.15) is 11.9 Å². The van der Waals surface area contributed by atoms with Gasteiger partial charge >= 0.3 is 0 Å². The largest absolute Gasteiger partial charge is 0.384 e. The number of aliphatic hydroxyl groups excluding tert-OH is 1. The summed E-state index contributed by atoms with van der Waals surface area (Å²) in [4.78, 5) is 0. The van der Waals surface area contributed by atoms with E-state index in [-0.39, 0.29) is 5.82 Å². The zero-order chi connectivity index (χ0) is 11.5. The van der Waals surface area contributed by atoms with E-state index in [9.17, 15) is 9.50 Å². The van der Waals surface area contributed by atoms with Crippen LogP contribution in [0.5, 0.6) is 0 Å². The van der Waals surface area contributed by atoms with Crippen molar-refractivity contribution < 1.29 is 9.50 Å². The molecule has 16 heavy (non-hydrogen) atoms. The third-order valence-corrected chi connectivity index (χ3v) is 3.02. The maximum atomic E-state index is 12.7. The van der Waals surface area contributed by atoms with Gasteiger partial charge in [-0.05, 0) is 58.0 Å². The van der Waals surface area contributed by atoms with Crippen LogP contribution in [0.3, 0.4) is 0 Å². The predicted octanol–water partition coefficient (Wildman–Crippen LogP) is 3.51. The molecule has 1 nitrogen and oxygen atoms in total. The molecule has 3 heteroatoms. The lowest BCUT2D eigenvalue weighted by Crippen LogP contribution is -1.99. The quantitative estimate of drug-likeness (QED) is 0.837. The molecule has 0 aromatic heterocycles. The third kappa shape index (κ3) is 2.59. The molecule has 0 spiro atoms. The lowest BCUT2D eigenvalue weighted by Gasteiger charge is -2.11. The standard InChI is InChI=1S/C13H10FIO/c14-11-6-4-9(5-7-11)13(16)10-2-1-3-12(15)8-10/h1-8,13,16H. The highest BCUT2D eigenvalue weighted by Gasteiger charge is 2.10. The van der Waals surface area contributed by atoms with Crippen molar-refractivity contribution in [1.29, 1.82) is 0 Å². The molecule has 0 amide bonds. The first-order chi connectivity index (χ1) is 7.66. The summed E-state index contributed by atoms with van der Waals surface area (Å²) >= 11 is 2.19. The Morgan fingerprint density at radius 2 is 1.69 bits per heavy atom. The van der Waals surface area contributed by atoms with E-state index >= 15 is 0 Å². The van der Waals surface area contributed by atoms with Crippen LogP contribution in [0.1, 0.15) is 17.2 Å². The summed E-state index contributed by atoms with van der Waals surface area (Å²) in [5, 5.41) is 10.1. The minimum absolute atomic E-state index is 0.293. The lowest BCUT2D eigenvalue weighted by molar-refractivity contribution is 0.220. The second-order valence-electron chi connectivity index (χ2n) is 3.51. The Balaban J connectivity index is 2.31. The molecule has 0 aliphatic carbocycles. The number of benzene rings is 2. The first kappa shape index (κ1) is 11.5. The molecule has 0 saturated carbocycles. The first-order valence-electron chi connectivity index (χ1n) is 4.86. The number of rotatable bonds is 2. The molecule has 1 atom stereocenters. The highest BCUT2D eigenvalue weighted by molar-refractivity contribution is 14.1. The van der Waals surface area contributed by atoms with Crippen molar-refractivity contribution in [2.75, 3.05) is 0 Å². The molecule has 0 bridgehead atoms. The van der Waals surface area contributed by atoms with E-state index in [2.05, 4.69) is 22.6 Å². The van der Waals surface area contributed by atoms with Gasteiger partial charge < -0.3 is 5.11 Å². The van der Waals surface area contributed by atoms with Crippen LogP contribution in [0, 0.1) is 9.39 Å². The van der Waals surface area contributed by atoms with Crippen molar-refractivity contribution in [3.63, 3.8) is 0 Å². The predicted molar refractivity (Wildman–Crippen MR) is 69.6 cm³/mol. The Bertz CT molecular complexity index is 482. The van der Waals surface area contributed by atoms with Gasteiger partial charge in [-0.3, -0.25) is 0 Å². The lowest BCUT2D eigenvalue weighted by atomic mass is 10.0. The van der Waals surface area contributed by atoms with Crippen molar-refractivity contribution >= 4 is 22.6 Å². The molecule has 1 unspecified atom stereocenters. The molecule has 2 aromatic rings. The van der Waals surface area contributed by atoms with Crippen LogP contribution in [0.15, 0.2) is 48.5 Å². The van der Waals surface area contributed by atoms with Gasteiger partial charge in [-0.15, -0.1) is 0 Å². The van der Waals surface area contributed by atoms with E-state index in [1.54, 1.807) is 12.1 Å². The van der Waals surface area contributed by atoms with Gasteiger partial charge in [-0.25, -0.2) is 4.39 Å². The zero-order valence-corrected chi connectivity index (χ0v) is 10.6. The Morgan fingerprint density at radius 1 is 1.00 bits per heavy atom. The van der Waals surface area contributed by atoms with E-state index in [1.165, 1.54) is 12.1 Å². The molecule has 2 aromatic carbocycles. The molecule has 0 radical (unpaired) electrons. The van der Waals surface area contributed by atoms with Gasteiger partial charge in [-0.2, -0.15) is 0 Å². The van der Waals surface area contributed by atoms with Gasteiger partial charge in [0.2, 0.25) is 0 Å². The fourth-order valence-corrected chi connectivity index (χ4v) is 2.08. The molecule has 2 rings (SSSR count). The van der Waals surface area contributed by atoms with Crippen LogP contribution in [-0.4, -0.2) is 5.11 Å². The second-order valence-corrected chi connectivity index (χ2v) is 4.75. The first-order valence-corrected chi connectivity index (χ1v) is 5.93. The number of hydrogen-bond acceptors (Lipinski definition) is 1. The van der Waals surface area contributed by atoms with Crippen LogP contribution in [-0.2, 0) is 0 Å². The zero-order valence-electron chi connectivity index (χ0n) is 8.40. The topological polar surface area (TPSA) is 20.2 Å². The number of halogens is 2. The van der Waals surface area contributed by atoms with Gasteiger partial charge in [-0.1, -0.05) is 24.3 Å². The Labute approximate surface area is 107 Å². The summed E-state index contributed by atoms with van der Waals surface area (Å²) in [6.07, 6.45) is -0.699. The molecule has 1 N–H and O–H groups in total. The van der Waals surface area contributed by atoms with Crippen LogP contribution in [0.4, 0.5) is 4.39 Å². The van der Waals surface area contributed by atoms with E-state index in [1.807, 2.05) is 24.3 Å². The number of aliphatic hydroxyl groups is 1. The van der Waals surface area contributed by atoms with Gasteiger partial charge in [0.25, 0.3) is 0 Å². The smallest absolute Gasteiger partial charge is 0.123 e. The maximum absolute atomic E-state index is 12.7. The second kappa shape index (κ2) is 4.93. The summed E-state index contributed by atoms with van der Waals surface area (Å²) in [6, 6.07) is 13.5. The van der Waals surface area contributed by atoms with Crippen LogP contribution in [0.2, 0.25) is 0 Å². The fraction of sp³-hybridized carbons (Fsp3) is 0.0769. The van der Waals surface area contributed by atoms with Gasteiger partial charge in [0.05, 0.1) is 0 Å². The summed E-state index contributed by atoms with van der Waals surface area (Å²) in [5.74, 6) is -0.293. The Hall–Kier alpha value is -0.940. The average molecular weight is 328 g/mol. The third-order valence-electron chi connectivity index (χ3n) is 2.35. The Morgan fingerprint density at radius 3 is 2.31 bits per heavy atom. The molecule has 0 saturated heterocycles. The minimum Gasteiger partial charge on any atom is -0.384 e. The normalized spacial score (nSPS) is 12.4. The molecule has 0 heterocycles. The van der Waals surface area contributed by atoms with Crippen LogP contribution >= 0.6 is 22.6 Å². The average Bonchev–Trinajstić information content (AvgIpc) is 2.29. The highest BCUT2D eigenvalue weighted by atomic mass is 127. The van der Waals surface area contributed by atoms with Gasteiger partial charge in [0, 0.05) is 3.57 Å². The van der Waals surface area contributed by atoms with Gasteiger partial charge in [0.15, 0.2) is 0 Å². The molecular weight excluding hydrogens is 318 g/mol.